The van der Waals surface area contributed by atoms with Crippen LogP contribution in [0.1, 0.15) is 12.0 Å². The maximum Gasteiger partial charge on any atom is 0.266 e. The molecule has 0 aliphatic carbocycles. The number of rotatable bonds is 4. The highest BCUT2D eigenvalue weighted by atomic mass is 32.2. The van der Waals surface area contributed by atoms with Gasteiger partial charge in [-0.3, -0.25) is 4.79 Å². The quantitative estimate of drug-likeness (QED) is 0.851. The Kier molecular flexibility index (Phi) is 4.87. The Morgan fingerprint density at radius 1 is 1.45 bits per heavy atom. The summed E-state index contributed by atoms with van der Waals surface area (Å²) in [5.74, 6) is 2.92. The Morgan fingerprint density at radius 2 is 2.27 bits per heavy atom. The maximum absolute atomic E-state index is 12.4. The first-order valence-corrected chi connectivity index (χ1v) is 8.63. The lowest BCUT2D eigenvalue weighted by Crippen LogP contribution is -2.43. The van der Waals surface area contributed by atoms with Crippen LogP contribution in [0.2, 0.25) is 0 Å². The van der Waals surface area contributed by atoms with Gasteiger partial charge >= 0.3 is 0 Å². The molecule has 1 saturated heterocycles. The van der Waals surface area contributed by atoms with Gasteiger partial charge < -0.3 is 14.5 Å². The molecule has 6 heteroatoms. The third-order valence-corrected chi connectivity index (χ3v) is 4.81. The number of amides is 1. The van der Waals surface area contributed by atoms with E-state index in [0.29, 0.717) is 12.8 Å². The second-order valence-electron chi connectivity index (χ2n) is 5.42. The molecule has 0 N–H and O–H groups in total. The molecule has 1 fully saturated rings. The number of nitrogens with zero attached hydrogens (tertiary/aromatic N) is 2. The van der Waals surface area contributed by atoms with Crippen LogP contribution in [0.5, 0.6) is 5.75 Å². The Hall–Kier alpha value is -1.69. The van der Waals surface area contributed by atoms with Gasteiger partial charge in [0.15, 0.2) is 0 Å². The molecule has 118 valence electrons. The zero-order chi connectivity index (χ0) is 15.4. The number of benzene rings is 1. The topological polar surface area (TPSA) is 51.1 Å². The zero-order valence-corrected chi connectivity index (χ0v) is 13.5. The third-order valence-electron chi connectivity index (χ3n) is 3.87. The molecule has 3 rings (SSSR count). The minimum Gasteiger partial charge on any atom is -0.497 e. The van der Waals surface area contributed by atoms with Crippen molar-refractivity contribution in [1.82, 2.24) is 4.90 Å². The van der Waals surface area contributed by atoms with E-state index < -0.39 is 6.10 Å². The van der Waals surface area contributed by atoms with Crippen LogP contribution in [0, 0.1) is 0 Å². The van der Waals surface area contributed by atoms with Crippen LogP contribution >= 0.6 is 11.8 Å². The van der Waals surface area contributed by atoms with Crippen LogP contribution in [0.15, 0.2) is 29.4 Å². The van der Waals surface area contributed by atoms with Crippen molar-refractivity contribution < 1.29 is 14.4 Å². The van der Waals surface area contributed by atoms with E-state index in [2.05, 4.69) is 5.16 Å². The predicted octanol–water partition coefficient (Wildman–Crippen LogP) is 1.96. The molecule has 0 spiro atoms. The van der Waals surface area contributed by atoms with E-state index in [1.807, 2.05) is 40.9 Å². The largest absolute Gasteiger partial charge is 0.497 e. The lowest BCUT2D eigenvalue weighted by molar-refractivity contribution is -0.141. The Bertz CT molecular complexity index is 570. The number of methoxy groups -OCH3 is 1. The number of hydrogen-bond donors (Lipinski definition) is 0. The minimum atomic E-state index is -0.441. The standard InChI is InChI=1S/C16H20N2O3S/c1-20-14-4-2-3-12(10-14)9-13-11-15(21-17-13)16(19)18-5-7-22-8-6-18/h2-4,10,15H,5-9,11H2,1H3. The van der Waals surface area contributed by atoms with Crippen molar-refractivity contribution in [2.24, 2.45) is 5.16 Å². The van der Waals surface area contributed by atoms with Crippen LogP contribution < -0.4 is 4.74 Å². The molecule has 1 aromatic rings. The molecular formula is C16H20N2O3S. The van der Waals surface area contributed by atoms with Gasteiger partial charge in [0.25, 0.3) is 5.91 Å². The van der Waals surface area contributed by atoms with Gasteiger partial charge in [-0.2, -0.15) is 11.8 Å². The van der Waals surface area contributed by atoms with Gasteiger partial charge in [-0.1, -0.05) is 17.3 Å². The van der Waals surface area contributed by atoms with Crippen LogP contribution in [0.4, 0.5) is 0 Å². The molecule has 0 radical (unpaired) electrons. The van der Waals surface area contributed by atoms with Crippen molar-refractivity contribution in [3.63, 3.8) is 0 Å². The smallest absolute Gasteiger partial charge is 0.266 e. The maximum atomic E-state index is 12.4. The van der Waals surface area contributed by atoms with Crippen molar-refractivity contribution >= 4 is 23.4 Å². The molecule has 1 unspecified atom stereocenters. The van der Waals surface area contributed by atoms with E-state index in [9.17, 15) is 4.79 Å². The van der Waals surface area contributed by atoms with E-state index in [1.165, 1.54) is 0 Å². The van der Waals surface area contributed by atoms with Crippen molar-refractivity contribution in [1.29, 1.82) is 0 Å². The van der Waals surface area contributed by atoms with Crippen LogP contribution in [-0.4, -0.2) is 54.3 Å². The fraction of sp³-hybridized carbons (Fsp3) is 0.500. The van der Waals surface area contributed by atoms with Gasteiger partial charge in [-0.05, 0) is 17.7 Å². The zero-order valence-electron chi connectivity index (χ0n) is 12.7. The highest BCUT2D eigenvalue weighted by Gasteiger charge is 2.32. The molecule has 0 saturated carbocycles. The Labute approximate surface area is 134 Å². The summed E-state index contributed by atoms with van der Waals surface area (Å²) in [4.78, 5) is 19.7. The minimum absolute atomic E-state index is 0.0738. The summed E-state index contributed by atoms with van der Waals surface area (Å²) in [6.07, 6.45) is 0.833. The number of hydrogen-bond acceptors (Lipinski definition) is 5. The number of carbonyl (C=O) groups is 1. The molecule has 5 nitrogen and oxygen atoms in total. The summed E-state index contributed by atoms with van der Waals surface area (Å²) >= 11 is 1.89. The first-order chi connectivity index (χ1) is 10.8. The molecule has 2 aliphatic rings. The summed E-state index contributed by atoms with van der Waals surface area (Å²) in [6, 6.07) is 7.89. The van der Waals surface area contributed by atoms with Gasteiger partial charge in [0.1, 0.15) is 5.75 Å². The summed E-state index contributed by atoms with van der Waals surface area (Å²) in [5.41, 5.74) is 2.03. The molecule has 1 atom stereocenters. The molecule has 1 amide bonds. The lowest BCUT2D eigenvalue weighted by Gasteiger charge is -2.27. The second kappa shape index (κ2) is 7.05. The molecule has 2 heterocycles. The Morgan fingerprint density at radius 3 is 3.05 bits per heavy atom. The summed E-state index contributed by atoms with van der Waals surface area (Å²) in [6.45, 7) is 1.63. The van der Waals surface area contributed by atoms with Crippen LogP contribution in [0.3, 0.4) is 0 Å². The van der Waals surface area contributed by atoms with Gasteiger partial charge in [-0.15, -0.1) is 0 Å². The van der Waals surface area contributed by atoms with E-state index in [1.54, 1.807) is 7.11 Å². The summed E-state index contributed by atoms with van der Waals surface area (Å²) < 4.78 is 5.22. The van der Waals surface area contributed by atoms with Crippen molar-refractivity contribution in [2.75, 3.05) is 31.7 Å². The first-order valence-electron chi connectivity index (χ1n) is 7.47. The van der Waals surface area contributed by atoms with E-state index in [0.717, 1.165) is 41.6 Å². The average molecular weight is 320 g/mol. The first kappa shape index (κ1) is 15.2. The predicted molar refractivity (Wildman–Crippen MR) is 87.5 cm³/mol. The van der Waals surface area contributed by atoms with E-state index in [-0.39, 0.29) is 5.91 Å². The second-order valence-corrected chi connectivity index (χ2v) is 6.65. The van der Waals surface area contributed by atoms with Crippen molar-refractivity contribution in [3.05, 3.63) is 29.8 Å². The third kappa shape index (κ3) is 3.55. The SMILES string of the molecule is COc1cccc(CC2=NOC(C(=O)N3CCSCC3)C2)c1. The Balaban J connectivity index is 1.56. The molecule has 0 bridgehead atoms. The fourth-order valence-electron chi connectivity index (χ4n) is 2.67. The number of ether oxygens (including phenoxy) is 1. The van der Waals surface area contributed by atoms with E-state index in [4.69, 9.17) is 9.57 Å². The molecule has 1 aromatic carbocycles. The molecular weight excluding hydrogens is 300 g/mol. The highest BCUT2D eigenvalue weighted by molar-refractivity contribution is 7.99. The van der Waals surface area contributed by atoms with Gasteiger partial charge in [0.2, 0.25) is 6.10 Å². The van der Waals surface area contributed by atoms with E-state index >= 15 is 0 Å². The summed E-state index contributed by atoms with van der Waals surface area (Å²) in [7, 11) is 1.65. The number of oxime groups is 1. The molecule has 22 heavy (non-hydrogen) atoms. The lowest BCUT2D eigenvalue weighted by atomic mass is 10.0. The van der Waals surface area contributed by atoms with Gasteiger partial charge in [0, 0.05) is 37.4 Å². The summed E-state index contributed by atoms with van der Waals surface area (Å²) in [5, 5.41) is 4.11. The number of carbonyl (C=O) groups excluding carboxylic acids is 1. The molecule has 0 aromatic heterocycles. The molecule has 2 aliphatic heterocycles. The van der Waals surface area contributed by atoms with Crippen LogP contribution in [0.25, 0.3) is 0 Å². The van der Waals surface area contributed by atoms with Crippen molar-refractivity contribution in [2.45, 2.75) is 18.9 Å². The van der Waals surface area contributed by atoms with Crippen LogP contribution in [-0.2, 0) is 16.1 Å². The van der Waals surface area contributed by atoms with Gasteiger partial charge in [-0.25, -0.2) is 0 Å². The average Bonchev–Trinajstić information content (AvgIpc) is 3.03. The van der Waals surface area contributed by atoms with Crippen molar-refractivity contribution in [3.8, 4) is 5.75 Å². The van der Waals surface area contributed by atoms with Gasteiger partial charge in [0.05, 0.1) is 12.8 Å². The number of thioether (sulfide) groups is 1. The monoisotopic (exact) mass is 320 g/mol. The fourth-order valence-corrected chi connectivity index (χ4v) is 3.57. The normalized spacial score (nSPS) is 21.2. The highest BCUT2D eigenvalue weighted by Crippen LogP contribution is 2.20.